The summed E-state index contributed by atoms with van der Waals surface area (Å²) in [6, 6.07) is 6.35. The number of aryl methyl sites for hydroxylation is 1. The number of fused-ring (bicyclic) bond motifs is 2. The number of nitrogens with zero attached hydrogens (tertiary/aromatic N) is 4. The second-order valence-corrected chi connectivity index (χ2v) is 7.72. The van der Waals surface area contributed by atoms with Gasteiger partial charge in [-0.05, 0) is 38.1 Å². The first-order chi connectivity index (χ1) is 12.2. The van der Waals surface area contributed by atoms with Crippen molar-refractivity contribution in [2.75, 3.05) is 13.1 Å². The minimum atomic E-state index is 0.265. The Morgan fingerprint density at radius 3 is 2.76 bits per heavy atom. The summed E-state index contributed by atoms with van der Waals surface area (Å²) in [6.07, 6.45) is 6.36. The number of nitrogens with one attached hydrogen (secondary N) is 1. The predicted molar refractivity (Wildman–Crippen MR) is 100 cm³/mol. The minimum absolute atomic E-state index is 0.265. The van der Waals surface area contributed by atoms with Crippen molar-refractivity contribution in [2.24, 2.45) is 7.05 Å². The zero-order chi connectivity index (χ0) is 17.0. The molecule has 0 atom stereocenters. The fourth-order valence-corrected chi connectivity index (χ4v) is 4.65. The van der Waals surface area contributed by atoms with Gasteiger partial charge in [0.15, 0.2) is 0 Å². The van der Waals surface area contributed by atoms with E-state index >= 15 is 0 Å². The van der Waals surface area contributed by atoms with Crippen molar-refractivity contribution in [3.8, 4) is 16.2 Å². The van der Waals surface area contributed by atoms with Gasteiger partial charge in [-0.1, -0.05) is 0 Å². The standard InChI is InChI=1S/C18H19N5OS/c1-22-9-11-6-14(16(24)8-15(11)20-22)17-7-12-10-23(21-18(12)25-17)13-2-4-19-5-3-13/h6-10,13,19,24H,2-5H2,1H3. The van der Waals surface area contributed by atoms with Crippen LogP contribution in [-0.4, -0.2) is 37.8 Å². The Labute approximate surface area is 148 Å². The van der Waals surface area contributed by atoms with Crippen molar-refractivity contribution in [2.45, 2.75) is 18.9 Å². The van der Waals surface area contributed by atoms with Crippen LogP contribution in [0.5, 0.6) is 5.75 Å². The fraction of sp³-hybridized carbons (Fsp3) is 0.333. The molecule has 1 saturated heterocycles. The molecule has 128 valence electrons. The lowest BCUT2D eigenvalue weighted by Crippen LogP contribution is -2.29. The maximum absolute atomic E-state index is 10.4. The summed E-state index contributed by atoms with van der Waals surface area (Å²) in [5.74, 6) is 0.265. The van der Waals surface area contributed by atoms with Crippen molar-refractivity contribution in [1.29, 1.82) is 0 Å². The van der Waals surface area contributed by atoms with Crippen LogP contribution in [0, 0.1) is 0 Å². The molecule has 2 N–H and O–H groups in total. The average Bonchev–Trinajstić information content (AvgIpc) is 3.26. The van der Waals surface area contributed by atoms with Gasteiger partial charge in [0.05, 0.1) is 11.6 Å². The number of phenolic OH excluding ortho intramolecular Hbond substituents is 1. The zero-order valence-corrected chi connectivity index (χ0v) is 14.8. The molecule has 25 heavy (non-hydrogen) atoms. The highest BCUT2D eigenvalue weighted by atomic mass is 32.1. The van der Waals surface area contributed by atoms with Crippen LogP contribution < -0.4 is 5.32 Å². The molecule has 0 bridgehead atoms. The first kappa shape index (κ1) is 14.9. The topological polar surface area (TPSA) is 67.9 Å². The summed E-state index contributed by atoms with van der Waals surface area (Å²) in [5, 5.41) is 25.1. The third kappa shape index (κ3) is 2.51. The number of phenols is 1. The van der Waals surface area contributed by atoms with Crippen LogP contribution in [0.3, 0.4) is 0 Å². The summed E-state index contributed by atoms with van der Waals surface area (Å²) >= 11 is 1.63. The Kier molecular flexibility index (Phi) is 3.33. The Balaban J connectivity index is 1.54. The van der Waals surface area contributed by atoms with Crippen LogP contribution in [0.25, 0.3) is 31.6 Å². The Morgan fingerprint density at radius 2 is 1.96 bits per heavy atom. The number of rotatable bonds is 2. The average molecular weight is 353 g/mol. The van der Waals surface area contributed by atoms with Gasteiger partial charge in [0.1, 0.15) is 10.6 Å². The van der Waals surface area contributed by atoms with E-state index in [2.05, 4.69) is 27.4 Å². The van der Waals surface area contributed by atoms with Crippen molar-refractivity contribution in [1.82, 2.24) is 24.9 Å². The third-order valence-electron chi connectivity index (χ3n) is 4.90. The first-order valence-corrected chi connectivity index (χ1v) is 9.35. The van der Waals surface area contributed by atoms with Crippen LogP contribution in [0.1, 0.15) is 18.9 Å². The Bertz CT molecular complexity index is 1040. The van der Waals surface area contributed by atoms with E-state index in [-0.39, 0.29) is 5.75 Å². The van der Waals surface area contributed by atoms with E-state index in [1.807, 2.05) is 19.3 Å². The zero-order valence-electron chi connectivity index (χ0n) is 13.9. The number of thiophene rings is 1. The van der Waals surface area contributed by atoms with Crippen LogP contribution in [0.4, 0.5) is 0 Å². The second kappa shape index (κ2) is 5.57. The number of aromatic nitrogens is 4. The van der Waals surface area contributed by atoms with Crippen LogP contribution in [0.15, 0.2) is 30.6 Å². The molecule has 1 aliphatic rings. The van der Waals surface area contributed by atoms with E-state index in [0.29, 0.717) is 6.04 Å². The van der Waals surface area contributed by atoms with Gasteiger partial charge in [-0.25, -0.2) is 0 Å². The molecule has 0 saturated carbocycles. The smallest absolute Gasteiger partial charge is 0.146 e. The van der Waals surface area contributed by atoms with E-state index in [9.17, 15) is 5.11 Å². The Morgan fingerprint density at radius 1 is 1.12 bits per heavy atom. The number of piperidine rings is 1. The molecule has 5 rings (SSSR count). The first-order valence-electron chi connectivity index (χ1n) is 8.53. The maximum atomic E-state index is 10.4. The summed E-state index contributed by atoms with van der Waals surface area (Å²) in [7, 11) is 1.89. The van der Waals surface area contributed by atoms with Gasteiger partial charge in [0, 0.05) is 46.7 Å². The quantitative estimate of drug-likeness (QED) is 0.580. The van der Waals surface area contributed by atoms with E-state index in [1.165, 1.54) is 0 Å². The van der Waals surface area contributed by atoms with E-state index in [4.69, 9.17) is 5.10 Å². The molecule has 1 aromatic carbocycles. The molecular weight excluding hydrogens is 334 g/mol. The van der Waals surface area contributed by atoms with Gasteiger partial charge in [-0.15, -0.1) is 11.3 Å². The highest BCUT2D eigenvalue weighted by Crippen LogP contribution is 2.39. The summed E-state index contributed by atoms with van der Waals surface area (Å²) < 4.78 is 3.89. The fourth-order valence-electron chi connectivity index (χ4n) is 3.61. The molecule has 0 spiro atoms. The Hall–Kier alpha value is -2.38. The SMILES string of the molecule is Cn1cc2cc(-c3cc4cn(C5CCNCC5)nc4s3)c(O)cc2n1. The third-order valence-corrected chi connectivity index (χ3v) is 5.97. The van der Waals surface area contributed by atoms with Gasteiger partial charge >= 0.3 is 0 Å². The number of hydrogen-bond donors (Lipinski definition) is 2. The van der Waals surface area contributed by atoms with E-state index in [0.717, 1.165) is 57.5 Å². The molecule has 4 aromatic rings. The predicted octanol–water partition coefficient (Wildman–Crippen LogP) is 3.28. The van der Waals surface area contributed by atoms with Gasteiger partial charge in [-0.2, -0.15) is 10.2 Å². The lowest BCUT2D eigenvalue weighted by atomic mass is 10.1. The van der Waals surface area contributed by atoms with Crippen LogP contribution in [0.2, 0.25) is 0 Å². The number of aromatic hydroxyl groups is 1. The van der Waals surface area contributed by atoms with Gasteiger partial charge < -0.3 is 10.4 Å². The highest BCUT2D eigenvalue weighted by molar-refractivity contribution is 7.21. The second-order valence-electron chi connectivity index (χ2n) is 6.69. The van der Waals surface area contributed by atoms with Crippen LogP contribution in [-0.2, 0) is 7.05 Å². The van der Waals surface area contributed by atoms with Crippen molar-refractivity contribution >= 4 is 32.5 Å². The van der Waals surface area contributed by atoms with Crippen molar-refractivity contribution < 1.29 is 5.11 Å². The summed E-state index contributed by atoms with van der Waals surface area (Å²) in [4.78, 5) is 2.07. The summed E-state index contributed by atoms with van der Waals surface area (Å²) in [5.41, 5.74) is 1.65. The lowest BCUT2D eigenvalue weighted by molar-refractivity contribution is 0.345. The van der Waals surface area contributed by atoms with E-state index in [1.54, 1.807) is 22.1 Å². The lowest BCUT2D eigenvalue weighted by Gasteiger charge is -2.22. The molecule has 1 fully saturated rings. The molecule has 0 radical (unpaired) electrons. The van der Waals surface area contributed by atoms with Gasteiger partial charge in [0.25, 0.3) is 0 Å². The molecule has 4 heterocycles. The van der Waals surface area contributed by atoms with Crippen molar-refractivity contribution in [3.63, 3.8) is 0 Å². The minimum Gasteiger partial charge on any atom is -0.507 e. The molecule has 7 heteroatoms. The normalized spacial score (nSPS) is 16.2. The number of hydrogen-bond acceptors (Lipinski definition) is 5. The molecule has 6 nitrogen and oxygen atoms in total. The molecular formula is C18H19N5OS. The highest BCUT2D eigenvalue weighted by Gasteiger charge is 2.18. The monoisotopic (exact) mass is 353 g/mol. The van der Waals surface area contributed by atoms with Crippen LogP contribution >= 0.6 is 11.3 Å². The molecule has 0 aliphatic carbocycles. The number of benzene rings is 1. The van der Waals surface area contributed by atoms with E-state index < -0.39 is 0 Å². The van der Waals surface area contributed by atoms with Crippen molar-refractivity contribution in [3.05, 3.63) is 30.6 Å². The molecule has 1 aliphatic heterocycles. The molecule has 0 unspecified atom stereocenters. The largest absolute Gasteiger partial charge is 0.507 e. The molecule has 3 aromatic heterocycles. The van der Waals surface area contributed by atoms with Gasteiger partial charge in [0.2, 0.25) is 0 Å². The summed E-state index contributed by atoms with van der Waals surface area (Å²) in [6.45, 7) is 2.12. The van der Waals surface area contributed by atoms with Gasteiger partial charge in [-0.3, -0.25) is 9.36 Å². The molecule has 0 amide bonds. The maximum Gasteiger partial charge on any atom is 0.146 e.